The summed E-state index contributed by atoms with van der Waals surface area (Å²) in [5.41, 5.74) is 2.89. The molecule has 136 valence electrons. The Kier molecular flexibility index (Phi) is 5.09. The minimum absolute atomic E-state index is 0.353. The van der Waals surface area contributed by atoms with Crippen molar-refractivity contribution in [3.8, 4) is 11.8 Å². The van der Waals surface area contributed by atoms with E-state index in [1.807, 2.05) is 0 Å². The van der Waals surface area contributed by atoms with Gasteiger partial charge in [0.1, 0.15) is 17.6 Å². The van der Waals surface area contributed by atoms with Crippen molar-refractivity contribution >= 4 is 40.2 Å². The van der Waals surface area contributed by atoms with Gasteiger partial charge in [-0.3, -0.25) is 0 Å². The molecule has 13 heteroatoms. The zero-order valence-corrected chi connectivity index (χ0v) is 14.0. The third-order valence-electron chi connectivity index (χ3n) is 2.99. The summed E-state index contributed by atoms with van der Waals surface area (Å²) in [4.78, 5) is 0. The number of anilines is 1. The van der Waals surface area contributed by atoms with Crippen LogP contribution in [0.15, 0.2) is 12.1 Å². The Morgan fingerprint density at radius 1 is 1.20 bits per heavy atom. The average molecular weight is 423 g/mol. The van der Waals surface area contributed by atoms with E-state index in [1.54, 1.807) is 0 Å². The Morgan fingerprint density at radius 3 is 2.12 bits per heavy atom. The zero-order chi connectivity index (χ0) is 19.2. The molecule has 0 unspecified atom stereocenters. The quantitative estimate of drug-likeness (QED) is 0.653. The van der Waals surface area contributed by atoms with Crippen LogP contribution in [0.25, 0.3) is 5.69 Å². The van der Waals surface area contributed by atoms with Gasteiger partial charge in [-0.25, -0.2) is 4.68 Å². The first-order valence-electron chi connectivity index (χ1n) is 6.09. The SMILES string of the molecule is N#Cc1nn(-c2c(Cl)cc(C(F)(F)F)cc2Cl)c(N)c1CS(F)(F)F. The van der Waals surface area contributed by atoms with E-state index in [0.29, 0.717) is 16.8 Å². The number of rotatable bonds is 3. The second-order valence-corrected chi connectivity index (χ2v) is 6.78. The average Bonchev–Trinajstić information content (AvgIpc) is 2.73. The van der Waals surface area contributed by atoms with Crippen LogP contribution in [0, 0.1) is 11.3 Å². The van der Waals surface area contributed by atoms with Crippen LogP contribution in [0.1, 0.15) is 16.8 Å². The lowest BCUT2D eigenvalue weighted by molar-refractivity contribution is -0.137. The lowest BCUT2D eigenvalue weighted by Crippen LogP contribution is -2.09. The molecule has 4 nitrogen and oxygen atoms in total. The molecule has 0 aliphatic carbocycles. The molecule has 0 atom stereocenters. The molecule has 0 bridgehead atoms. The molecule has 0 saturated carbocycles. The van der Waals surface area contributed by atoms with Crippen molar-refractivity contribution in [1.29, 1.82) is 5.26 Å². The number of nitrogens with zero attached hydrogens (tertiary/aromatic N) is 3. The highest BCUT2D eigenvalue weighted by Crippen LogP contribution is 2.57. The summed E-state index contributed by atoms with van der Waals surface area (Å²) in [6.45, 7) is 0. The smallest absolute Gasteiger partial charge is 0.383 e. The zero-order valence-electron chi connectivity index (χ0n) is 11.7. The van der Waals surface area contributed by atoms with Gasteiger partial charge >= 0.3 is 6.18 Å². The Hall–Kier alpha value is -1.77. The second-order valence-electron chi connectivity index (χ2n) is 4.67. The molecular weight excluding hydrogens is 417 g/mol. The van der Waals surface area contributed by atoms with Crippen LogP contribution in [0.4, 0.5) is 30.6 Å². The van der Waals surface area contributed by atoms with Gasteiger partial charge in [0.05, 0.1) is 21.4 Å². The summed E-state index contributed by atoms with van der Waals surface area (Å²) in [6.07, 6.45) is -4.73. The molecule has 0 amide bonds. The van der Waals surface area contributed by atoms with Crippen LogP contribution < -0.4 is 5.73 Å². The van der Waals surface area contributed by atoms with Crippen LogP contribution in [-0.4, -0.2) is 9.78 Å². The van der Waals surface area contributed by atoms with Crippen molar-refractivity contribution < 1.29 is 24.8 Å². The van der Waals surface area contributed by atoms with Gasteiger partial charge < -0.3 is 5.73 Å². The van der Waals surface area contributed by atoms with E-state index in [9.17, 15) is 24.8 Å². The molecule has 25 heavy (non-hydrogen) atoms. The highest BCUT2D eigenvalue weighted by Gasteiger charge is 2.33. The van der Waals surface area contributed by atoms with Crippen molar-refractivity contribution in [2.45, 2.75) is 11.9 Å². The van der Waals surface area contributed by atoms with Crippen LogP contribution in [0.3, 0.4) is 0 Å². The molecule has 1 aromatic heterocycles. The second kappa shape index (κ2) is 6.51. The number of nitriles is 1. The lowest BCUT2D eigenvalue weighted by atomic mass is 10.2. The third-order valence-corrected chi connectivity index (χ3v) is 4.19. The Bertz CT molecular complexity index is 845. The standard InChI is InChI=1S/C12H6Cl2F6N4S/c13-7-1-5(12(15,16)17)2-8(14)10(7)24-11(22)6(4-25(18,19)20)9(3-21)23-24/h1-2H,4,22H2. The fraction of sp³-hybridized carbons (Fsp3) is 0.167. The monoisotopic (exact) mass is 422 g/mol. The maximum atomic E-state index is 12.7. The molecule has 2 aromatic rings. The van der Waals surface area contributed by atoms with E-state index in [0.717, 1.165) is 0 Å². The highest BCUT2D eigenvalue weighted by atomic mass is 35.5. The molecular formula is C12H6Cl2F6N4S. The van der Waals surface area contributed by atoms with Gasteiger partial charge in [-0.1, -0.05) is 23.2 Å². The summed E-state index contributed by atoms with van der Waals surface area (Å²) in [5, 5.41) is 11.4. The number of hydrogen-bond acceptors (Lipinski definition) is 3. The number of benzene rings is 1. The van der Waals surface area contributed by atoms with E-state index in [-0.39, 0.29) is 5.69 Å². The van der Waals surface area contributed by atoms with Crippen LogP contribution in [0.5, 0.6) is 0 Å². The summed E-state index contributed by atoms with van der Waals surface area (Å²) in [6, 6.07) is 2.52. The summed E-state index contributed by atoms with van der Waals surface area (Å²) in [5.74, 6) is -2.04. The molecule has 1 aromatic carbocycles. The van der Waals surface area contributed by atoms with Gasteiger partial charge in [-0.05, 0) is 12.1 Å². The van der Waals surface area contributed by atoms with Crippen molar-refractivity contribution in [2.24, 2.45) is 0 Å². The van der Waals surface area contributed by atoms with Gasteiger partial charge in [0, 0.05) is 5.56 Å². The first-order chi connectivity index (χ1) is 11.3. The van der Waals surface area contributed by atoms with Crippen molar-refractivity contribution in [1.82, 2.24) is 9.78 Å². The predicted molar refractivity (Wildman–Crippen MR) is 82.3 cm³/mol. The molecule has 0 aliphatic heterocycles. The van der Waals surface area contributed by atoms with E-state index in [1.165, 1.54) is 6.07 Å². The summed E-state index contributed by atoms with van der Waals surface area (Å²) < 4.78 is 76.9. The minimum Gasteiger partial charge on any atom is -0.383 e. The molecule has 0 saturated heterocycles. The van der Waals surface area contributed by atoms with Gasteiger partial charge in [0.15, 0.2) is 5.69 Å². The minimum atomic E-state index is -5.55. The number of alkyl halides is 3. The Morgan fingerprint density at radius 2 is 1.72 bits per heavy atom. The fourth-order valence-electron chi connectivity index (χ4n) is 1.96. The predicted octanol–water partition coefficient (Wildman–Crippen LogP) is 5.61. The van der Waals surface area contributed by atoms with Crippen LogP contribution in [0.2, 0.25) is 10.0 Å². The van der Waals surface area contributed by atoms with Crippen LogP contribution >= 0.6 is 34.4 Å². The van der Waals surface area contributed by atoms with Gasteiger partial charge in [0.25, 0.3) is 0 Å². The van der Waals surface area contributed by atoms with E-state index in [2.05, 4.69) is 5.10 Å². The first kappa shape index (κ1) is 19.6. The number of nitrogen functional groups attached to an aromatic ring is 1. The van der Waals surface area contributed by atoms with Gasteiger partial charge in [0.2, 0.25) is 11.2 Å². The van der Waals surface area contributed by atoms with E-state index in [4.69, 9.17) is 34.2 Å². The van der Waals surface area contributed by atoms with Crippen molar-refractivity contribution in [3.05, 3.63) is 39.0 Å². The Labute approximate surface area is 148 Å². The molecule has 0 aliphatic rings. The maximum absolute atomic E-state index is 12.7. The lowest BCUT2D eigenvalue weighted by Gasteiger charge is -2.14. The number of halogens is 8. The first-order valence-corrected chi connectivity index (χ1v) is 8.35. The fourth-order valence-corrected chi connectivity index (χ4v) is 3.22. The van der Waals surface area contributed by atoms with Gasteiger partial charge in [-0.15, -0.1) is 11.7 Å². The van der Waals surface area contributed by atoms with Crippen molar-refractivity contribution in [3.63, 3.8) is 0 Å². The molecule has 0 fully saturated rings. The molecule has 2 N–H and O–H groups in total. The maximum Gasteiger partial charge on any atom is 0.416 e. The highest BCUT2D eigenvalue weighted by molar-refractivity contribution is 8.20. The number of aromatic nitrogens is 2. The van der Waals surface area contributed by atoms with Gasteiger partial charge in [-0.2, -0.15) is 23.5 Å². The largest absolute Gasteiger partial charge is 0.416 e. The summed E-state index contributed by atoms with van der Waals surface area (Å²) in [7, 11) is 0. The third kappa shape index (κ3) is 4.08. The van der Waals surface area contributed by atoms with E-state index < -0.39 is 55.8 Å². The van der Waals surface area contributed by atoms with Crippen LogP contribution in [-0.2, 0) is 11.9 Å². The molecule has 0 spiro atoms. The molecule has 2 rings (SSSR count). The summed E-state index contributed by atoms with van der Waals surface area (Å²) >= 11 is 6.02. The topological polar surface area (TPSA) is 67.6 Å². The Balaban J connectivity index is 2.66. The molecule has 1 heterocycles. The van der Waals surface area contributed by atoms with E-state index >= 15 is 0 Å². The number of hydrogen-bond donors (Lipinski definition) is 1. The normalized spacial score (nSPS) is 12.9. The van der Waals surface area contributed by atoms with Crippen molar-refractivity contribution in [2.75, 3.05) is 5.73 Å². The number of nitrogens with two attached hydrogens (primary N) is 1. The molecule has 0 radical (unpaired) electrons.